The van der Waals surface area contributed by atoms with Crippen molar-refractivity contribution in [2.75, 3.05) is 6.61 Å². The molecular weight excluding hydrogens is 779 g/mol. The second-order valence-corrected chi connectivity index (χ2v) is 18.7. The molecular formula is C57H105NO5. The van der Waals surface area contributed by atoms with Gasteiger partial charge in [-0.3, -0.25) is 9.59 Å². The fourth-order valence-corrected chi connectivity index (χ4v) is 8.24. The van der Waals surface area contributed by atoms with E-state index in [4.69, 9.17) is 4.74 Å². The van der Waals surface area contributed by atoms with Crippen molar-refractivity contribution in [3.8, 4) is 0 Å². The van der Waals surface area contributed by atoms with Crippen LogP contribution in [0.3, 0.4) is 0 Å². The van der Waals surface area contributed by atoms with Crippen LogP contribution in [0.1, 0.15) is 278 Å². The van der Waals surface area contributed by atoms with E-state index in [0.717, 1.165) is 77.0 Å². The van der Waals surface area contributed by atoms with Crippen molar-refractivity contribution in [3.63, 3.8) is 0 Å². The highest BCUT2D eigenvalue weighted by atomic mass is 16.5. The third kappa shape index (κ3) is 46.2. The van der Waals surface area contributed by atoms with E-state index in [1.165, 1.54) is 154 Å². The number of hydrogen-bond donors (Lipinski definition) is 3. The van der Waals surface area contributed by atoms with Crippen molar-refractivity contribution in [2.45, 2.75) is 296 Å². The average molecular weight is 884 g/mol. The number of ether oxygens (including phenoxy) is 1. The van der Waals surface area contributed by atoms with Gasteiger partial charge < -0.3 is 20.3 Å². The zero-order chi connectivity index (χ0) is 45.9. The van der Waals surface area contributed by atoms with Crippen molar-refractivity contribution >= 4 is 11.9 Å². The Morgan fingerprint density at radius 2 is 0.841 bits per heavy atom. The number of aliphatic hydroxyl groups excluding tert-OH is 2. The summed E-state index contributed by atoms with van der Waals surface area (Å²) in [7, 11) is 0. The Kier molecular flexibility index (Phi) is 49.1. The summed E-state index contributed by atoms with van der Waals surface area (Å²) in [5, 5.41) is 23.8. The number of unbranched alkanes of at least 4 members (excludes halogenated alkanes) is 31. The Morgan fingerprint density at radius 3 is 1.32 bits per heavy atom. The first-order chi connectivity index (χ1) is 31.0. The first-order valence-electron chi connectivity index (χ1n) is 27.4. The van der Waals surface area contributed by atoms with E-state index < -0.39 is 18.2 Å². The zero-order valence-corrected chi connectivity index (χ0v) is 42.0. The molecule has 0 spiro atoms. The summed E-state index contributed by atoms with van der Waals surface area (Å²) in [5.74, 6) is -0.512. The molecule has 6 heteroatoms. The Balaban J connectivity index is 4.58. The highest BCUT2D eigenvalue weighted by Gasteiger charge is 2.24. The molecule has 0 aliphatic heterocycles. The molecule has 63 heavy (non-hydrogen) atoms. The maximum absolute atomic E-state index is 13.2. The van der Waals surface area contributed by atoms with Crippen LogP contribution in [-0.2, 0) is 14.3 Å². The van der Waals surface area contributed by atoms with Crippen molar-refractivity contribution in [1.82, 2.24) is 5.32 Å². The largest absolute Gasteiger partial charge is 0.462 e. The zero-order valence-electron chi connectivity index (χ0n) is 42.0. The lowest BCUT2D eigenvalue weighted by atomic mass is 10.0. The van der Waals surface area contributed by atoms with Gasteiger partial charge in [-0.15, -0.1) is 0 Å². The van der Waals surface area contributed by atoms with E-state index in [-0.39, 0.29) is 24.9 Å². The van der Waals surface area contributed by atoms with Crippen molar-refractivity contribution in [1.29, 1.82) is 0 Å². The Labute approximate surface area is 391 Å². The predicted molar refractivity (Wildman–Crippen MR) is 273 cm³/mol. The van der Waals surface area contributed by atoms with Crippen LogP contribution in [0.25, 0.3) is 0 Å². The molecule has 6 nitrogen and oxygen atoms in total. The summed E-state index contributed by atoms with van der Waals surface area (Å²) in [5.41, 5.74) is 0. The standard InChI is InChI=1S/C57H105NO5/c1-4-7-10-13-16-19-22-24-26-28-30-32-35-37-40-43-46-49-55(60)54(52-59)58-56(61)51-53(63-57(62)50-47-44-41-38-33-21-18-15-12-9-6-3)48-45-42-39-36-34-31-29-27-25-23-20-17-14-11-8-5-2/h15,18,23,25,27,29,31,34,53-55,59-60H,4-14,16-17,19-22,24,26,28,30,32-33,35-52H2,1-3H3,(H,58,61)/b18-15-,25-23+,29-27+,34-31+. The number of amides is 1. The minimum absolute atomic E-state index is 0.0524. The molecule has 368 valence electrons. The highest BCUT2D eigenvalue weighted by Crippen LogP contribution is 2.18. The number of rotatable bonds is 49. The second-order valence-electron chi connectivity index (χ2n) is 18.7. The quantitative estimate of drug-likeness (QED) is 0.0245. The molecule has 0 rings (SSSR count). The molecule has 0 saturated heterocycles. The van der Waals surface area contributed by atoms with Gasteiger partial charge in [-0.05, 0) is 70.6 Å². The minimum atomic E-state index is -0.799. The van der Waals surface area contributed by atoms with Crippen LogP contribution in [-0.4, -0.2) is 46.9 Å². The van der Waals surface area contributed by atoms with E-state index in [2.05, 4.69) is 74.7 Å². The number of aliphatic hydroxyl groups is 2. The predicted octanol–water partition coefficient (Wildman–Crippen LogP) is 16.6. The first-order valence-corrected chi connectivity index (χ1v) is 27.4. The minimum Gasteiger partial charge on any atom is -0.462 e. The number of esters is 1. The van der Waals surface area contributed by atoms with Gasteiger partial charge in [-0.2, -0.15) is 0 Å². The fourth-order valence-electron chi connectivity index (χ4n) is 8.24. The van der Waals surface area contributed by atoms with Crippen LogP contribution in [0.4, 0.5) is 0 Å². The van der Waals surface area contributed by atoms with Crippen LogP contribution in [0.2, 0.25) is 0 Å². The van der Waals surface area contributed by atoms with Gasteiger partial charge in [0.05, 0.1) is 25.2 Å². The molecule has 0 aromatic carbocycles. The monoisotopic (exact) mass is 884 g/mol. The Bertz CT molecular complexity index is 1080. The second kappa shape index (κ2) is 50.8. The first kappa shape index (κ1) is 60.8. The van der Waals surface area contributed by atoms with E-state index in [9.17, 15) is 19.8 Å². The Hall–Kier alpha value is -2.18. The molecule has 0 bridgehead atoms. The third-order valence-electron chi connectivity index (χ3n) is 12.4. The van der Waals surface area contributed by atoms with Crippen LogP contribution in [0.15, 0.2) is 48.6 Å². The Morgan fingerprint density at radius 1 is 0.460 bits per heavy atom. The number of nitrogens with one attached hydrogen (secondary N) is 1. The molecule has 0 aromatic heterocycles. The van der Waals surface area contributed by atoms with Gasteiger partial charge in [0.25, 0.3) is 0 Å². The van der Waals surface area contributed by atoms with E-state index >= 15 is 0 Å². The number of carbonyl (C=O) groups is 2. The van der Waals surface area contributed by atoms with Crippen LogP contribution >= 0.6 is 0 Å². The maximum Gasteiger partial charge on any atom is 0.306 e. The van der Waals surface area contributed by atoms with E-state index in [0.29, 0.717) is 19.3 Å². The molecule has 0 aliphatic carbocycles. The van der Waals surface area contributed by atoms with Crippen molar-refractivity contribution < 1.29 is 24.5 Å². The average Bonchev–Trinajstić information content (AvgIpc) is 3.28. The van der Waals surface area contributed by atoms with Crippen LogP contribution in [0, 0.1) is 0 Å². The van der Waals surface area contributed by atoms with E-state index in [1.54, 1.807) is 0 Å². The van der Waals surface area contributed by atoms with Gasteiger partial charge in [0.15, 0.2) is 0 Å². The number of carbonyl (C=O) groups excluding carboxylic acids is 2. The normalized spacial score (nSPS) is 13.5. The van der Waals surface area contributed by atoms with Gasteiger partial charge in [-0.1, -0.05) is 243 Å². The molecule has 0 fully saturated rings. The number of allylic oxidation sites excluding steroid dienone is 8. The summed E-state index contributed by atoms with van der Waals surface area (Å²) in [6.07, 6.45) is 61.7. The van der Waals surface area contributed by atoms with Crippen LogP contribution < -0.4 is 5.32 Å². The molecule has 1 amide bonds. The summed E-state index contributed by atoms with van der Waals surface area (Å²) in [6.45, 7) is 6.44. The summed E-state index contributed by atoms with van der Waals surface area (Å²) in [4.78, 5) is 26.1. The lowest BCUT2D eigenvalue weighted by Crippen LogP contribution is -2.46. The molecule has 0 heterocycles. The molecule has 3 unspecified atom stereocenters. The number of hydrogen-bond acceptors (Lipinski definition) is 5. The highest BCUT2D eigenvalue weighted by molar-refractivity contribution is 5.77. The molecule has 0 radical (unpaired) electrons. The SMILES string of the molecule is CCCC/C=C\CCCCCCCC(=O)OC(CCCCC/C=C/C=C/C=C/CCCCCCC)CC(=O)NC(CO)C(O)CCCCCCCCCCCCCCCCCCC. The molecule has 0 aromatic rings. The van der Waals surface area contributed by atoms with Crippen molar-refractivity contribution in [2.24, 2.45) is 0 Å². The van der Waals surface area contributed by atoms with Gasteiger partial charge in [0, 0.05) is 6.42 Å². The molecule has 3 N–H and O–H groups in total. The van der Waals surface area contributed by atoms with Crippen LogP contribution in [0.5, 0.6) is 0 Å². The maximum atomic E-state index is 13.2. The topological polar surface area (TPSA) is 95.9 Å². The fraction of sp³-hybridized carbons (Fsp3) is 0.825. The van der Waals surface area contributed by atoms with E-state index in [1.807, 2.05) is 0 Å². The lowest BCUT2D eigenvalue weighted by Gasteiger charge is -2.24. The lowest BCUT2D eigenvalue weighted by molar-refractivity contribution is -0.151. The summed E-state index contributed by atoms with van der Waals surface area (Å²) in [6, 6.07) is -0.714. The van der Waals surface area contributed by atoms with Crippen molar-refractivity contribution in [3.05, 3.63) is 48.6 Å². The molecule has 0 saturated carbocycles. The molecule has 3 atom stereocenters. The smallest absolute Gasteiger partial charge is 0.306 e. The van der Waals surface area contributed by atoms with Gasteiger partial charge in [0.1, 0.15) is 6.10 Å². The van der Waals surface area contributed by atoms with Gasteiger partial charge in [-0.25, -0.2) is 0 Å². The summed E-state index contributed by atoms with van der Waals surface area (Å²) < 4.78 is 5.92. The third-order valence-corrected chi connectivity index (χ3v) is 12.4. The molecule has 0 aliphatic rings. The van der Waals surface area contributed by atoms with Gasteiger partial charge in [0.2, 0.25) is 5.91 Å². The summed E-state index contributed by atoms with van der Waals surface area (Å²) >= 11 is 0. The van der Waals surface area contributed by atoms with Gasteiger partial charge >= 0.3 is 5.97 Å².